The van der Waals surface area contributed by atoms with Crippen molar-refractivity contribution in [3.8, 4) is 0 Å². The number of aromatic nitrogens is 3. The lowest BCUT2D eigenvalue weighted by Crippen LogP contribution is -2.33. The molecule has 2 aromatic heterocycles. The maximum atomic E-state index is 13.7. The van der Waals surface area contributed by atoms with E-state index in [1.54, 1.807) is 14.1 Å². The molecule has 2 aromatic rings. The monoisotopic (exact) mass is 447 g/mol. The normalized spacial score (nSPS) is 19.9. The highest BCUT2D eigenvalue weighted by Crippen LogP contribution is 2.39. The van der Waals surface area contributed by atoms with Gasteiger partial charge in [-0.25, -0.2) is 0 Å². The summed E-state index contributed by atoms with van der Waals surface area (Å²) in [7, 11) is 3.21. The van der Waals surface area contributed by atoms with Crippen LogP contribution in [0, 0.1) is 17.8 Å². The van der Waals surface area contributed by atoms with Crippen LogP contribution in [0.4, 0.5) is 14.5 Å². The zero-order valence-corrected chi connectivity index (χ0v) is 16.0. The number of carbonyl (C=O) groups excluding carboxylic acids is 2. The molecule has 7 nitrogen and oxygen atoms in total. The van der Waals surface area contributed by atoms with Gasteiger partial charge in [0.05, 0.1) is 15.9 Å². The third kappa shape index (κ3) is 3.18. The van der Waals surface area contributed by atoms with Gasteiger partial charge in [-0.05, 0) is 28.1 Å². The highest BCUT2D eigenvalue weighted by atomic mass is 79.9. The van der Waals surface area contributed by atoms with E-state index < -0.39 is 35.5 Å². The number of nitrogens with zero attached hydrogens (tertiary/aromatic N) is 4. The van der Waals surface area contributed by atoms with Crippen LogP contribution in [0.2, 0.25) is 5.15 Å². The van der Waals surface area contributed by atoms with Gasteiger partial charge in [0, 0.05) is 26.6 Å². The SMILES string of the molecule is CN1C[C@H](c2c(Br)c(Cl)nn2C)[C@@H](C(=O)Nc2ccc(F)nc2F)C1=O. The van der Waals surface area contributed by atoms with Crippen LogP contribution in [0.3, 0.4) is 0 Å². The molecule has 1 fully saturated rings. The van der Waals surface area contributed by atoms with Crippen LogP contribution in [0.25, 0.3) is 0 Å². The average molecular weight is 449 g/mol. The highest BCUT2D eigenvalue weighted by molar-refractivity contribution is 9.10. The minimum Gasteiger partial charge on any atom is -0.344 e. The van der Waals surface area contributed by atoms with Gasteiger partial charge in [0.2, 0.25) is 23.7 Å². The quantitative estimate of drug-likeness (QED) is 0.577. The Hall–Kier alpha value is -2.07. The largest absolute Gasteiger partial charge is 0.344 e. The van der Waals surface area contributed by atoms with E-state index in [1.165, 1.54) is 9.58 Å². The van der Waals surface area contributed by atoms with Gasteiger partial charge >= 0.3 is 0 Å². The number of rotatable bonds is 3. The van der Waals surface area contributed by atoms with Crippen molar-refractivity contribution in [3.05, 3.63) is 39.3 Å². The molecule has 0 radical (unpaired) electrons. The smallest absolute Gasteiger partial charge is 0.239 e. The fourth-order valence-electron chi connectivity index (χ4n) is 3.03. The van der Waals surface area contributed by atoms with Crippen molar-refractivity contribution in [3.63, 3.8) is 0 Å². The summed E-state index contributed by atoms with van der Waals surface area (Å²) in [6, 6.07) is 1.96. The van der Waals surface area contributed by atoms with Gasteiger partial charge < -0.3 is 10.2 Å². The van der Waals surface area contributed by atoms with Crippen molar-refractivity contribution >= 4 is 45.0 Å². The summed E-state index contributed by atoms with van der Waals surface area (Å²) in [4.78, 5) is 29.6. The summed E-state index contributed by atoms with van der Waals surface area (Å²) >= 11 is 9.33. The molecule has 1 aliphatic heterocycles. The Morgan fingerprint density at radius 3 is 2.65 bits per heavy atom. The maximum absolute atomic E-state index is 13.7. The molecule has 2 amide bonds. The molecule has 1 saturated heterocycles. The number of nitrogens with one attached hydrogen (secondary N) is 1. The summed E-state index contributed by atoms with van der Waals surface area (Å²) in [6.07, 6.45) is 0. The predicted molar refractivity (Wildman–Crippen MR) is 92.6 cm³/mol. The fourth-order valence-corrected chi connectivity index (χ4v) is 3.88. The molecular formula is C15H13BrClF2N5O2. The third-order valence-corrected chi connectivity index (χ3v) is 5.49. The van der Waals surface area contributed by atoms with Crippen LogP contribution in [0.5, 0.6) is 0 Å². The number of hydrogen-bond donors (Lipinski definition) is 1. The van der Waals surface area contributed by atoms with Crippen LogP contribution >= 0.6 is 27.5 Å². The molecule has 0 aromatic carbocycles. The molecule has 0 unspecified atom stereocenters. The van der Waals surface area contributed by atoms with E-state index in [2.05, 4.69) is 31.3 Å². The summed E-state index contributed by atoms with van der Waals surface area (Å²) in [5.74, 6) is -4.99. The molecule has 0 aliphatic carbocycles. The van der Waals surface area contributed by atoms with Crippen LogP contribution < -0.4 is 5.32 Å². The number of hydrogen-bond acceptors (Lipinski definition) is 4. The molecule has 2 atom stereocenters. The lowest BCUT2D eigenvalue weighted by atomic mass is 9.91. The van der Waals surface area contributed by atoms with E-state index in [4.69, 9.17) is 11.6 Å². The van der Waals surface area contributed by atoms with Crippen LogP contribution in [-0.2, 0) is 16.6 Å². The van der Waals surface area contributed by atoms with E-state index in [9.17, 15) is 18.4 Å². The number of likely N-dealkylation sites (tertiary alicyclic amines) is 1. The summed E-state index contributed by atoms with van der Waals surface area (Å²) in [6.45, 7) is 0.259. The summed E-state index contributed by atoms with van der Waals surface area (Å²) in [5.41, 5.74) is 0.269. The third-order valence-electron chi connectivity index (χ3n) is 4.21. The number of amides is 2. The van der Waals surface area contributed by atoms with Gasteiger partial charge in [0.25, 0.3) is 0 Å². The standard InChI is InChI=1S/C15H13BrClF2N5O2/c1-23-5-6(11-10(16)12(17)22-24(11)2)9(15(23)26)14(25)20-7-3-4-8(18)21-13(7)19/h3-4,6,9H,5H2,1-2H3,(H,20,25)/t6-,9-/m0/s1. The molecule has 138 valence electrons. The minimum atomic E-state index is -1.17. The molecule has 26 heavy (non-hydrogen) atoms. The number of anilines is 1. The van der Waals surface area contributed by atoms with Crippen LogP contribution in [-0.4, -0.2) is 45.1 Å². The Morgan fingerprint density at radius 1 is 1.38 bits per heavy atom. The van der Waals surface area contributed by atoms with Crippen LogP contribution in [0.1, 0.15) is 11.6 Å². The zero-order valence-electron chi connectivity index (χ0n) is 13.6. The second-order valence-corrected chi connectivity index (χ2v) is 7.03. The van der Waals surface area contributed by atoms with Crippen molar-refractivity contribution in [1.29, 1.82) is 0 Å². The molecule has 3 heterocycles. The molecule has 0 bridgehead atoms. The molecule has 3 rings (SSSR count). The number of pyridine rings is 1. The number of likely N-dealkylation sites (N-methyl/N-ethyl adjacent to an activating group) is 1. The first-order chi connectivity index (χ1) is 12.2. The number of carbonyl (C=O) groups is 2. The second kappa shape index (κ2) is 6.92. The minimum absolute atomic E-state index is 0.206. The molecule has 0 saturated carbocycles. The maximum Gasteiger partial charge on any atom is 0.239 e. The highest BCUT2D eigenvalue weighted by Gasteiger charge is 2.46. The van der Waals surface area contributed by atoms with E-state index in [-0.39, 0.29) is 17.4 Å². The van der Waals surface area contributed by atoms with E-state index in [0.29, 0.717) is 10.2 Å². The van der Waals surface area contributed by atoms with Gasteiger partial charge in [-0.2, -0.15) is 18.9 Å². The lowest BCUT2D eigenvalue weighted by molar-refractivity contribution is -0.135. The van der Waals surface area contributed by atoms with Gasteiger partial charge in [0.1, 0.15) is 5.92 Å². The first-order valence-electron chi connectivity index (χ1n) is 7.46. The van der Waals surface area contributed by atoms with Crippen LogP contribution in [0.15, 0.2) is 16.6 Å². The first-order valence-corrected chi connectivity index (χ1v) is 8.63. The Balaban J connectivity index is 1.94. The molecule has 1 aliphatic rings. The van der Waals surface area contributed by atoms with Gasteiger partial charge in [0.15, 0.2) is 5.15 Å². The van der Waals surface area contributed by atoms with E-state index >= 15 is 0 Å². The second-order valence-electron chi connectivity index (χ2n) is 5.88. The Kier molecular flexibility index (Phi) is 4.98. The number of halogens is 4. The Labute approximate surface area is 160 Å². The van der Waals surface area contributed by atoms with Gasteiger partial charge in [-0.1, -0.05) is 11.6 Å². The van der Waals surface area contributed by atoms with Crippen molar-refractivity contribution in [2.45, 2.75) is 5.92 Å². The van der Waals surface area contributed by atoms with E-state index in [1.807, 2.05) is 0 Å². The van der Waals surface area contributed by atoms with Crippen molar-refractivity contribution in [2.75, 3.05) is 18.9 Å². The van der Waals surface area contributed by atoms with Crippen molar-refractivity contribution in [2.24, 2.45) is 13.0 Å². The molecule has 11 heteroatoms. The summed E-state index contributed by atoms with van der Waals surface area (Å²) < 4.78 is 28.6. The van der Waals surface area contributed by atoms with Crippen molar-refractivity contribution in [1.82, 2.24) is 19.7 Å². The number of aryl methyl sites for hydroxylation is 1. The summed E-state index contributed by atoms with van der Waals surface area (Å²) in [5, 5.41) is 6.58. The van der Waals surface area contributed by atoms with E-state index in [0.717, 1.165) is 12.1 Å². The molecular weight excluding hydrogens is 436 g/mol. The fraction of sp³-hybridized carbons (Fsp3) is 0.333. The predicted octanol–water partition coefficient (Wildman–Crippen LogP) is 2.32. The topological polar surface area (TPSA) is 80.1 Å². The van der Waals surface area contributed by atoms with Gasteiger partial charge in [-0.15, -0.1) is 0 Å². The molecule has 0 spiro atoms. The average Bonchev–Trinajstić information content (AvgIpc) is 2.98. The lowest BCUT2D eigenvalue weighted by Gasteiger charge is -2.17. The Morgan fingerprint density at radius 2 is 2.08 bits per heavy atom. The van der Waals surface area contributed by atoms with Crippen molar-refractivity contribution < 1.29 is 18.4 Å². The first kappa shape index (κ1) is 18.7. The Bertz CT molecular complexity index is 906. The zero-order chi connectivity index (χ0) is 19.2. The van der Waals surface area contributed by atoms with Gasteiger partial charge in [-0.3, -0.25) is 14.3 Å². The molecule has 1 N–H and O–H groups in total.